The van der Waals surface area contributed by atoms with Crippen molar-refractivity contribution in [2.75, 3.05) is 13.1 Å². The van der Waals surface area contributed by atoms with E-state index in [1.54, 1.807) is 0 Å². The van der Waals surface area contributed by atoms with E-state index in [9.17, 15) is 9.59 Å². The summed E-state index contributed by atoms with van der Waals surface area (Å²) in [4.78, 5) is 26.4. The minimum atomic E-state index is -1.05. The number of amides is 1. The second kappa shape index (κ2) is 7.28. The molecule has 0 aromatic carbocycles. The Morgan fingerprint density at radius 3 is 2.67 bits per heavy atom. The summed E-state index contributed by atoms with van der Waals surface area (Å²) >= 11 is 1.49. The molecule has 0 fully saturated rings. The van der Waals surface area contributed by atoms with E-state index in [4.69, 9.17) is 11.5 Å². The Morgan fingerprint density at radius 2 is 2.00 bits per heavy atom. The summed E-state index contributed by atoms with van der Waals surface area (Å²) in [5, 5.41) is 8.88. The van der Waals surface area contributed by atoms with Gasteiger partial charge in [0.2, 0.25) is 0 Å². The molecule has 0 aliphatic heterocycles. The monoisotopic (exact) mass is 305 g/mol. The molecule has 1 aromatic heterocycles. The van der Waals surface area contributed by atoms with E-state index in [0.29, 0.717) is 4.88 Å². The molecule has 1 aliphatic rings. The molecule has 1 aromatic rings. The molecule has 0 radical (unpaired) electrons. The van der Waals surface area contributed by atoms with Gasteiger partial charge >= 0.3 is 5.97 Å². The van der Waals surface area contributed by atoms with E-state index in [1.165, 1.54) is 39.5 Å². The molecule has 1 amide bonds. The van der Waals surface area contributed by atoms with Gasteiger partial charge in [-0.1, -0.05) is 18.8 Å². The molecule has 0 unspecified atom stereocenters. The Labute approximate surface area is 128 Å². The van der Waals surface area contributed by atoms with Crippen LogP contribution in [0.15, 0.2) is 6.07 Å². The predicted molar refractivity (Wildman–Crippen MR) is 82.6 cm³/mol. The van der Waals surface area contributed by atoms with Crippen molar-refractivity contribution in [1.82, 2.24) is 4.90 Å². The Hall–Kier alpha value is -1.80. The lowest BCUT2D eigenvalue weighted by atomic mass is 10.00. The molecule has 1 N–H and O–H groups in total. The maximum atomic E-state index is 12.4. The van der Waals surface area contributed by atoms with Crippen molar-refractivity contribution >= 4 is 23.2 Å². The minimum Gasteiger partial charge on any atom is -0.480 e. The summed E-state index contributed by atoms with van der Waals surface area (Å²) in [6.07, 6.45) is 12.0. The van der Waals surface area contributed by atoms with Gasteiger partial charge in [0.25, 0.3) is 5.91 Å². The van der Waals surface area contributed by atoms with Crippen LogP contribution in [0.3, 0.4) is 0 Å². The molecule has 2 rings (SSSR count). The second-order valence-electron chi connectivity index (χ2n) is 5.23. The van der Waals surface area contributed by atoms with Crippen LogP contribution in [0, 0.1) is 12.3 Å². The quantitative estimate of drug-likeness (QED) is 0.870. The van der Waals surface area contributed by atoms with Gasteiger partial charge in [0.15, 0.2) is 0 Å². The van der Waals surface area contributed by atoms with E-state index < -0.39 is 5.97 Å². The molecule has 1 aliphatic carbocycles. The van der Waals surface area contributed by atoms with Crippen LogP contribution in [0.5, 0.6) is 0 Å². The number of rotatable bonds is 4. The Kier molecular flexibility index (Phi) is 5.40. The fraction of sp³-hybridized carbons (Fsp3) is 0.500. The van der Waals surface area contributed by atoms with Crippen LogP contribution < -0.4 is 0 Å². The third kappa shape index (κ3) is 4.08. The highest BCUT2D eigenvalue weighted by Gasteiger charge is 2.21. The van der Waals surface area contributed by atoms with E-state index in [1.807, 2.05) is 6.07 Å². The minimum absolute atomic E-state index is 0.0215. The van der Waals surface area contributed by atoms with Crippen molar-refractivity contribution < 1.29 is 14.7 Å². The highest BCUT2D eigenvalue weighted by atomic mass is 32.1. The van der Waals surface area contributed by atoms with Crippen molar-refractivity contribution in [1.29, 1.82) is 0 Å². The van der Waals surface area contributed by atoms with Crippen LogP contribution >= 0.6 is 11.3 Å². The molecule has 21 heavy (non-hydrogen) atoms. The smallest absolute Gasteiger partial charge is 0.323 e. The first-order valence-corrected chi connectivity index (χ1v) is 7.99. The van der Waals surface area contributed by atoms with Crippen molar-refractivity contribution in [2.45, 2.75) is 38.5 Å². The number of terminal acetylenes is 1. The molecule has 0 atom stereocenters. The van der Waals surface area contributed by atoms with Crippen molar-refractivity contribution in [2.24, 2.45) is 0 Å². The van der Waals surface area contributed by atoms with Crippen molar-refractivity contribution in [3.63, 3.8) is 0 Å². The average molecular weight is 305 g/mol. The number of nitrogens with zero attached hydrogens (tertiary/aromatic N) is 1. The van der Waals surface area contributed by atoms with Gasteiger partial charge in [-0.05, 0) is 37.3 Å². The molecule has 0 bridgehead atoms. The molecule has 1 heterocycles. The number of carboxylic acids is 1. The van der Waals surface area contributed by atoms with Crippen LogP contribution in [-0.2, 0) is 17.6 Å². The molecule has 112 valence electrons. The lowest BCUT2D eigenvalue weighted by molar-refractivity contribution is -0.137. The number of fused-ring (bicyclic) bond motifs is 1. The molecular weight excluding hydrogens is 286 g/mol. The first-order chi connectivity index (χ1) is 10.1. The predicted octanol–water partition coefficient (Wildman–Crippen LogP) is 2.57. The van der Waals surface area contributed by atoms with Gasteiger partial charge in [0, 0.05) is 4.88 Å². The van der Waals surface area contributed by atoms with Gasteiger partial charge < -0.3 is 10.0 Å². The van der Waals surface area contributed by atoms with Gasteiger partial charge in [-0.3, -0.25) is 9.59 Å². The topological polar surface area (TPSA) is 57.6 Å². The van der Waals surface area contributed by atoms with Gasteiger partial charge in [0.1, 0.15) is 6.54 Å². The molecule has 0 saturated carbocycles. The van der Waals surface area contributed by atoms with Crippen LogP contribution in [0.4, 0.5) is 0 Å². The number of hydrogen-bond donors (Lipinski definition) is 1. The third-order valence-electron chi connectivity index (χ3n) is 3.60. The zero-order valence-electron chi connectivity index (χ0n) is 11.9. The lowest BCUT2D eigenvalue weighted by Crippen LogP contribution is -2.35. The Morgan fingerprint density at radius 1 is 1.29 bits per heavy atom. The second-order valence-corrected chi connectivity index (χ2v) is 6.37. The number of carbonyl (C=O) groups excluding carboxylic acids is 1. The summed E-state index contributed by atoms with van der Waals surface area (Å²) < 4.78 is 0. The van der Waals surface area contributed by atoms with Crippen molar-refractivity contribution in [3.8, 4) is 12.3 Å². The van der Waals surface area contributed by atoms with Crippen LogP contribution in [0.2, 0.25) is 0 Å². The summed E-state index contributed by atoms with van der Waals surface area (Å²) in [5.74, 6) is 1.03. The fourth-order valence-corrected chi connectivity index (χ4v) is 3.80. The van der Waals surface area contributed by atoms with Crippen LogP contribution in [0.1, 0.15) is 45.8 Å². The highest BCUT2D eigenvalue weighted by Crippen LogP contribution is 2.29. The van der Waals surface area contributed by atoms with Gasteiger partial charge in [-0.2, -0.15) is 0 Å². The average Bonchev–Trinajstić information content (AvgIpc) is 2.79. The standard InChI is InChI=1S/C16H19NO3S/c1-2-9-17(11-15(18)19)16(20)14-10-12-7-5-3-4-6-8-13(12)21-14/h1,10H,3-9,11H2,(H,18,19). The molecule has 4 nitrogen and oxygen atoms in total. The number of aryl methyl sites for hydroxylation is 2. The highest BCUT2D eigenvalue weighted by molar-refractivity contribution is 7.14. The van der Waals surface area contributed by atoms with Crippen molar-refractivity contribution in [3.05, 3.63) is 21.4 Å². The summed E-state index contributed by atoms with van der Waals surface area (Å²) in [5.41, 5.74) is 1.25. The molecule has 0 spiro atoms. The van der Waals surface area contributed by atoms with Crippen LogP contribution in [0.25, 0.3) is 0 Å². The number of hydrogen-bond acceptors (Lipinski definition) is 3. The lowest BCUT2D eigenvalue weighted by Gasteiger charge is -2.16. The van der Waals surface area contributed by atoms with E-state index >= 15 is 0 Å². The SMILES string of the molecule is C#CCN(CC(=O)O)C(=O)c1cc2c(s1)CCCCCC2. The zero-order valence-corrected chi connectivity index (χ0v) is 12.7. The first-order valence-electron chi connectivity index (χ1n) is 7.18. The van der Waals surface area contributed by atoms with Gasteiger partial charge in [-0.15, -0.1) is 17.8 Å². The summed E-state index contributed by atoms with van der Waals surface area (Å²) in [7, 11) is 0. The number of carboxylic acid groups (broad SMARTS) is 1. The Bertz CT molecular complexity index is 545. The largest absolute Gasteiger partial charge is 0.480 e. The maximum Gasteiger partial charge on any atom is 0.323 e. The fourth-order valence-electron chi connectivity index (χ4n) is 2.58. The molecular formula is C16H19NO3S. The van der Waals surface area contributed by atoms with Gasteiger partial charge in [0.05, 0.1) is 11.4 Å². The maximum absolute atomic E-state index is 12.4. The van der Waals surface area contributed by atoms with E-state index in [2.05, 4.69) is 5.92 Å². The number of aliphatic carboxylic acids is 1. The normalized spacial score (nSPS) is 14.4. The number of carbonyl (C=O) groups is 2. The number of thiophene rings is 1. The molecule has 5 heteroatoms. The van der Waals surface area contributed by atoms with Crippen LogP contribution in [-0.4, -0.2) is 35.0 Å². The van der Waals surface area contributed by atoms with E-state index in [0.717, 1.165) is 25.7 Å². The molecule has 0 saturated heterocycles. The summed E-state index contributed by atoms with van der Waals surface area (Å²) in [6.45, 7) is -0.334. The first kappa shape index (κ1) is 15.6. The summed E-state index contributed by atoms with van der Waals surface area (Å²) in [6, 6.07) is 1.93. The zero-order chi connectivity index (χ0) is 15.2. The third-order valence-corrected chi connectivity index (χ3v) is 4.83. The van der Waals surface area contributed by atoms with Gasteiger partial charge in [-0.25, -0.2) is 0 Å². The Balaban J connectivity index is 2.19. The van der Waals surface area contributed by atoms with E-state index in [-0.39, 0.29) is 19.0 Å².